The van der Waals surface area contributed by atoms with Crippen LogP contribution in [0.1, 0.15) is 21.7 Å². The van der Waals surface area contributed by atoms with E-state index in [9.17, 15) is 4.79 Å². The SMILES string of the molecule is Cc1ccc(-n2nc(C(=O)Nc3ccccc3Cl)nc2-c2ccccc2)cc1C. The van der Waals surface area contributed by atoms with E-state index in [1.165, 1.54) is 5.56 Å². The number of para-hydroxylation sites is 1. The van der Waals surface area contributed by atoms with E-state index in [1.807, 2.05) is 55.5 Å². The van der Waals surface area contributed by atoms with Crippen molar-refractivity contribution >= 4 is 23.2 Å². The molecule has 4 rings (SSSR count). The Hall–Kier alpha value is -3.44. The molecule has 0 aliphatic carbocycles. The third kappa shape index (κ3) is 3.91. The third-order valence-corrected chi connectivity index (χ3v) is 5.03. The Balaban J connectivity index is 1.78. The van der Waals surface area contributed by atoms with E-state index in [-0.39, 0.29) is 5.82 Å². The van der Waals surface area contributed by atoms with E-state index >= 15 is 0 Å². The van der Waals surface area contributed by atoms with Gasteiger partial charge in [0.25, 0.3) is 5.91 Å². The summed E-state index contributed by atoms with van der Waals surface area (Å²) in [4.78, 5) is 17.3. The molecule has 0 saturated carbocycles. The van der Waals surface area contributed by atoms with Crippen LogP contribution in [0.4, 0.5) is 5.69 Å². The maximum Gasteiger partial charge on any atom is 0.295 e. The largest absolute Gasteiger partial charge is 0.318 e. The van der Waals surface area contributed by atoms with Gasteiger partial charge in [-0.05, 0) is 49.2 Å². The molecule has 0 spiro atoms. The molecule has 0 aliphatic heterocycles. The van der Waals surface area contributed by atoms with Crippen molar-refractivity contribution in [3.63, 3.8) is 0 Å². The van der Waals surface area contributed by atoms with Crippen LogP contribution in [0.25, 0.3) is 17.1 Å². The second-order valence-corrected chi connectivity index (χ2v) is 7.15. The summed E-state index contributed by atoms with van der Waals surface area (Å²) in [6, 6.07) is 22.8. The van der Waals surface area contributed by atoms with Gasteiger partial charge in [0.05, 0.1) is 16.4 Å². The standard InChI is InChI=1S/C23H19ClN4O/c1-15-12-13-18(14-16(15)2)28-22(17-8-4-3-5-9-17)26-21(27-28)23(29)25-20-11-7-6-10-19(20)24/h3-14H,1-2H3,(H,25,29). The van der Waals surface area contributed by atoms with E-state index in [0.717, 1.165) is 16.8 Å². The highest BCUT2D eigenvalue weighted by Gasteiger charge is 2.19. The second-order valence-electron chi connectivity index (χ2n) is 6.74. The summed E-state index contributed by atoms with van der Waals surface area (Å²) < 4.78 is 1.70. The molecule has 4 aromatic rings. The van der Waals surface area contributed by atoms with Crippen LogP contribution in [0, 0.1) is 13.8 Å². The minimum Gasteiger partial charge on any atom is -0.318 e. The first-order valence-electron chi connectivity index (χ1n) is 9.19. The predicted molar refractivity (Wildman–Crippen MR) is 116 cm³/mol. The highest BCUT2D eigenvalue weighted by molar-refractivity contribution is 6.33. The quantitative estimate of drug-likeness (QED) is 0.493. The van der Waals surface area contributed by atoms with Gasteiger partial charge in [0.1, 0.15) is 0 Å². The smallest absolute Gasteiger partial charge is 0.295 e. The number of amides is 1. The van der Waals surface area contributed by atoms with Crippen molar-refractivity contribution < 1.29 is 4.79 Å². The lowest BCUT2D eigenvalue weighted by atomic mass is 10.1. The van der Waals surface area contributed by atoms with Crippen molar-refractivity contribution in [3.05, 3.63) is 94.8 Å². The number of benzene rings is 3. The highest BCUT2D eigenvalue weighted by atomic mass is 35.5. The summed E-state index contributed by atoms with van der Waals surface area (Å²) >= 11 is 6.16. The number of hydrogen-bond donors (Lipinski definition) is 1. The number of carbonyl (C=O) groups excluding carboxylic acids is 1. The molecule has 29 heavy (non-hydrogen) atoms. The lowest BCUT2D eigenvalue weighted by molar-refractivity contribution is 0.101. The Kier molecular flexibility index (Phi) is 5.14. The van der Waals surface area contributed by atoms with Gasteiger partial charge in [0, 0.05) is 5.56 Å². The van der Waals surface area contributed by atoms with Crippen LogP contribution >= 0.6 is 11.6 Å². The van der Waals surface area contributed by atoms with Crippen LogP contribution in [-0.2, 0) is 0 Å². The number of nitrogens with zero attached hydrogens (tertiary/aromatic N) is 3. The number of anilines is 1. The first-order valence-corrected chi connectivity index (χ1v) is 9.57. The maximum atomic E-state index is 12.8. The molecular formula is C23H19ClN4O. The first-order chi connectivity index (χ1) is 14.0. The lowest BCUT2D eigenvalue weighted by Gasteiger charge is -2.08. The fourth-order valence-corrected chi connectivity index (χ4v) is 3.14. The van der Waals surface area contributed by atoms with Crippen molar-refractivity contribution in [2.75, 3.05) is 5.32 Å². The van der Waals surface area contributed by atoms with Crippen LogP contribution in [0.5, 0.6) is 0 Å². The van der Waals surface area contributed by atoms with Gasteiger partial charge in [0.2, 0.25) is 5.82 Å². The monoisotopic (exact) mass is 402 g/mol. The van der Waals surface area contributed by atoms with Gasteiger partial charge in [0.15, 0.2) is 5.82 Å². The number of halogens is 1. The number of rotatable bonds is 4. The molecule has 1 aromatic heterocycles. The van der Waals surface area contributed by atoms with Crippen molar-refractivity contribution in [2.24, 2.45) is 0 Å². The maximum absolute atomic E-state index is 12.8. The second kappa shape index (κ2) is 7.89. The van der Waals surface area contributed by atoms with Gasteiger partial charge in [-0.2, -0.15) is 0 Å². The zero-order valence-electron chi connectivity index (χ0n) is 16.1. The van der Waals surface area contributed by atoms with Crippen LogP contribution in [0.15, 0.2) is 72.8 Å². The van der Waals surface area contributed by atoms with Gasteiger partial charge in [-0.1, -0.05) is 60.1 Å². The third-order valence-electron chi connectivity index (χ3n) is 4.70. The first kappa shape index (κ1) is 18.9. The zero-order valence-corrected chi connectivity index (χ0v) is 16.8. The summed E-state index contributed by atoms with van der Waals surface area (Å²) in [5.41, 5.74) is 4.56. The molecule has 5 nitrogen and oxygen atoms in total. The highest BCUT2D eigenvalue weighted by Crippen LogP contribution is 2.24. The van der Waals surface area contributed by atoms with Gasteiger partial charge >= 0.3 is 0 Å². The van der Waals surface area contributed by atoms with Crippen molar-refractivity contribution in [3.8, 4) is 17.1 Å². The summed E-state index contributed by atoms with van der Waals surface area (Å²) in [6.45, 7) is 4.10. The van der Waals surface area contributed by atoms with Crippen LogP contribution < -0.4 is 5.32 Å². The minimum absolute atomic E-state index is 0.0713. The Labute approximate surface area is 174 Å². The van der Waals surface area contributed by atoms with E-state index < -0.39 is 5.91 Å². The molecule has 0 bridgehead atoms. The van der Waals surface area contributed by atoms with E-state index in [2.05, 4.69) is 22.3 Å². The summed E-state index contributed by atoms with van der Waals surface area (Å²) in [5, 5.41) is 7.74. The predicted octanol–water partition coefficient (Wildman–Crippen LogP) is 5.46. The van der Waals surface area contributed by atoms with Gasteiger partial charge in [-0.25, -0.2) is 9.67 Å². The normalized spacial score (nSPS) is 10.7. The Morgan fingerprint density at radius 1 is 0.931 bits per heavy atom. The molecule has 0 saturated heterocycles. The molecule has 6 heteroatoms. The fraction of sp³-hybridized carbons (Fsp3) is 0.0870. The number of nitrogens with one attached hydrogen (secondary N) is 1. The minimum atomic E-state index is -0.419. The number of hydrogen-bond acceptors (Lipinski definition) is 3. The van der Waals surface area contributed by atoms with Crippen molar-refractivity contribution in [1.29, 1.82) is 0 Å². The van der Waals surface area contributed by atoms with Crippen LogP contribution in [-0.4, -0.2) is 20.7 Å². The molecule has 1 heterocycles. The van der Waals surface area contributed by atoms with Crippen LogP contribution in [0.2, 0.25) is 5.02 Å². The molecular weight excluding hydrogens is 384 g/mol. The average molecular weight is 403 g/mol. The number of aromatic nitrogens is 3. The Bertz CT molecular complexity index is 1180. The molecule has 3 aromatic carbocycles. The zero-order chi connectivity index (χ0) is 20.4. The molecule has 0 atom stereocenters. The van der Waals surface area contributed by atoms with E-state index in [1.54, 1.807) is 28.9 Å². The average Bonchev–Trinajstić information content (AvgIpc) is 3.18. The summed E-state index contributed by atoms with van der Waals surface area (Å²) in [5.74, 6) is 0.248. The molecule has 0 unspecified atom stereocenters. The topological polar surface area (TPSA) is 59.8 Å². The molecule has 0 fully saturated rings. The van der Waals surface area contributed by atoms with Gasteiger partial charge in [-0.15, -0.1) is 5.10 Å². The number of aryl methyl sites for hydroxylation is 2. The fourth-order valence-electron chi connectivity index (χ4n) is 2.96. The molecule has 0 aliphatic rings. The van der Waals surface area contributed by atoms with E-state index in [0.29, 0.717) is 16.5 Å². The molecule has 144 valence electrons. The van der Waals surface area contributed by atoms with E-state index in [4.69, 9.17) is 11.6 Å². The van der Waals surface area contributed by atoms with Crippen molar-refractivity contribution in [1.82, 2.24) is 14.8 Å². The van der Waals surface area contributed by atoms with Gasteiger partial charge < -0.3 is 5.32 Å². The molecule has 1 amide bonds. The Morgan fingerprint density at radius 3 is 2.38 bits per heavy atom. The van der Waals surface area contributed by atoms with Gasteiger partial charge in [-0.3, -0.25) is 4.79 Å². The summed E-state index contributed by atoms with van der Waals surface area (Å²) in [6.07, 6.45) is 0. The lowest BCUT2D eigenvalue weighted by Crippen LogP contribution is -2.14. The number of carbonyl (C=O) groups is 1. The van der Waals surface area contributed by atoms with Crippen LogP contribution in [0.3, 0.4) is 0 Å². The summed E-state index contributed by atoms with van der Waals surface area (Å²) in [7, 11) is 0. The van der Waals surface area contributed by atoms with Crippen molar-refractivity contribution in [2.45, 2.75) is 13.8 Å². The molecule has 0 radical (unpaired) electrons. The Morgan fingerprint density at radius 2 is 1.66 bits per heavy atom. The molecule has 1 N–H and O–H groups in total.